The largest absolute Gasteiger partial charge is 0.287 e. The van der Waals surface area contributed by atoms with Gasteiger partial charge in [0.1, 0.15) is 5.02 Å². The summed E-state index contributed by atoms with van der Waals surface area (Å²) in [5.41, 5.74) is 1.78. The third-order valence-corrected chi connectivity index (χ3v) is 5.99. The molecule has 0 aliphatic rings. The smallest absolute Gasteiger partial charge is 0.266 e. The molecule has 0 fully saturated rings. The Labute approximate surface area is 169 Å². The number of hydrogen-bond acceptors (Lipinski definition) is 3. The van der Waals surface area contributed by atoms with Crippen LogP contribution in [0, 0.1) is 0 Å². The van der Waals surface area contributed by atoms with Crippen LogP contribution in [-0.2, 0) is 12.0 Å². The van der Waals surface area contributed by atoms with Crippen LogP contribution in [0.1, 0.15) is 37.1 Å². The van der Waals surface area contributed by atoms with E-state index in [9.17, 15) is 4.79 Å². The normalized spacial score (nSPS) is 12.7. The lowest BCUT2D eigenvalue weighted by Gasteiger charge is -2.22. The molecule has 0 spiro atoms. The predicted molar refractivity (Wildman–Crippen MR) is 114 cm³/mol. The summed E-state index contributed by atoms with van der Waals surface area (Å²) in [6.45, 7) is 5.81. The van der Waals surface area contributed by atoms with Crippen molar-refractivity contribution < 1.29 is 0 Å². The summed E-state index contributed by atoms with van der Waals surface area (Å²) in [5.74, 6) is 0. The van der Waals surface area contributed by atoms with Gasteiger partial charge in [0.05, 0.1) is 16.6 Å². The molecule has 5 heteroatoms. The summed E-state index contributed by atoms with van der Waals surface area (Å²) >= 11 is 8.03. The Morgan fingerprint density at radius 2 is 1.63 bits per heavy atom. The monoisotopic (exact) mass is 398 g/mol. The van der Waals surface area contributed by atoms with E-state index in [4.69, 9.17) is 11.6 Å². The fraction of sp³-hybridized carbons (Fsp3) is 0.273. The average Bonchev–Trinajstić information content (AvgIpc) is 2.65. The molecule has 3 rings (SSSR count). The van der Waals surface area contributed by atoms with Crippen LogP contribution in [0.25, 0.3) is 0 Å². The summed E-state index contributed by atoms with van der Waals surface area (Å²) < 4.78 is 1.44. The number of aromatic nitrogens is 2. The van der Waals surface area contributed by atoms with E-state index in [2.05, 4.69) is 29.4 Å². The van der Waals surface area contributed by atoms with E-state index in [1.807, 2.05) is 57.2 Å². The molecule has 0 amide bonds. The second-order valence-electron chi connectivity index (χ2n) is 7.42. The molecule has 1 atom stereocenters. The van der Waals surface area contributed by atoms with Crippen molar-refractivity contribution in [2.24, 2.45) is 0 Å². The Hall–Kier alpha value is -2.04. The zero-order valence-corrected chi connectivity index (χ0v) is 17.3. The number of benzene rings is 2. The molecular weight excluding hydrogens is 376 g/mol. The van der Waals surface area contributed by atoms with Crippen LogP contribution in [0.4, 0.5) is 0 Å². The highest BCUT2D eigenvalue weighted by Crippen LogP contribution is 2.39. The molecule has 3 nitrogen and oxygen atoms in total. The van der Waals surface area contributed by atoms with Crippen LogP contribution >= 0.6 is 23.4 Å². The maximum atomic E-state index is 12.7. The third-order valence-electron chi connectivity index (χ3n) is 4.23. The molecule has 0 saturated carbocycles. The minimum Gasteiger partial charge on any atom is -0.266 e. The second-order valence-corrected chi connectivity index (χ2v) is 9.04. The zero-order valence-electron chi connectivity index (χ0n) is 15.7. The van der Waals surface area contributed by atoms with E-state index in [1.54, 1.807) is 18.0 Å². The lowest BCUT2D eigenvalue weighted by atomic mass is 10.0. The Bertz CT molecular complexity index is 950. The highest BCUT2D eigenvalue weighted by molar-refractivity contribution is 7.99. The topological polar surface area (TPSA) is 34.9 Å². The van der Waals surface area contributed by atoms with Crippen molar-refractivity contribution in [1.29, 1.82) is 0 Å². The van der Waals surface area contributed by atoms with Gasteiger partial charge in [-0.25, -0.2) is 4.68 Å². The van der Waals surface area contributed by atoms with Gasteiger partial charge in [-0.3, -0.25) is 4.79 Å². The van der Waals surface area contributed by atoms with Crippen LogP contribution in [-0.4, -0.2) is 9.78 Å². The van der Waals surface area contributed by atoms with Crippen molar-refractivity contribution >= 4 is 23.4 Å². The van der Waals surface area contributed by atoms with Crippen LogP contribution in [0.3, 0.4) is 0 Å². The highest BCUT2D eigenvalue weighted by Gasteiger charge is 2.22. The molecule has 3 aromatic rings. The van der Waals surface area contributed by atoms with Gasteiger partial charge in [0.2, 0.25) is 0 Å². The summed E-state index contributed by atoms with van der Waals surface area (Å²) in [6, 6.07) is 20.6. The standard InChI is InChI=1S/C22H23ClN2OS/c1-22(2,3)25-21(26)20(23)19(15-24-25)27-18(17-12-8-5-9-13-17)14-16-10-6-4-7-11-16/h4-13,15,18H,14H2,1-3H3. The van der Waals surface area contributed by atoms with Crippen molar-refractivity contribution in [2.45, 2.75) is 42.9 Å². The first kappa shape index (κ1) is 19.7. The molecule has 27 heavy (non-hydrogen) atoms. The molecule has 2 aromatic carbocycles. The van der Waals surface area contributed by atoms with E-state index in [0.717, 1.165) is 6.42 Å². The van der Waals surface area contributed by atoms with Crippen molar-refractivity contribution in [1.82, 2.24) is 9.78 Å². The van der Waals surface area contributed by atoms with Crippen LogP contribution in [0.15, 0.2) is 76.6 Å². The molecule has 1 unspecified atom stereocenters. The predicted octanol–water partition coefficient (Wildman–Crippen LogP) is 5.73. The van der Waals surface area contributed by atoms with Gasteiger partial charge in [-0.1, -0.05) is 72.3 Å². The maximum Gasteiger partial charge on any atom is 0.287 e. The Balaban J connectivity index is 1.95. The van der Waals surface area contributed by atoms with E-state index >= 15 is 0 Å². The van der Waals surface area contributed by atoms with Gasteiger partial charge < -0.3 is 0 Å². The number of rotatable bonds is 5. The quantitative estimate of drug-likeness (QED) is 0.515. The van der Waals surface area contributed by atoms with Gasteiger partial charge in [0, 0.05) is 5.25 Å². The van der Waals surface area contributed by atoms with Crippen LogP contribution in [0.2, 0.25) is 5.02 Å². The molecule has 0 saturated heterocycles. The first-order valence-corrected chi connectivity index (χ1v) is 10.2. The van der Waals surface area contributed by atoms with Gasteiger partial charge in [-0.15, -0.1) is 11.8 Å². The van der Waals surface area contributed by atoms with Crippen LogP contribution in [0.5, 0.6) is 0 Å². The first-order chi connectivity index (χ1) is 12.9. The molecule has 0 bridgehead atoms. The molecular formula is C22H23ClN2OS. The average molecular weight is 399 g/mol. The fourth-order valence-electron chi connectivity index (χ4n) is 2.85. The van der Waals surface area contributed by atoms with Crippen molar-refractivity contribution in [2.75, 3.05) is 0 Å². The van der Waals surface area contributed by atoms with Crippen LogP contribution < -0.4 is 5.56 Å². The van der Waals surface area contributed by atoms with Gasteiger partial charge in [-0.2, -0.15) is 5.10 Å². The van der Waals surface area contributed by atoms with E-state index in [-0.39, 0.29) is 15.8 Å². The van der Waals surface area contributed by atoms with E-state index in [0.29, 0.717) is 4.90 Å². The fourth-order valence-corrected chi connectivity index (χ4v) is 4.29. The maximum absolute atomic E-state index is 12.7. The van der Waals surface area contributed by atoms with Crippen molar-refractivity contribution in [3.8, 4) is 0 Å². The second kappa shape index (κ2) is 8.32. The minimum atomic E-state index is -0.410. The minimum absolute atomic E-state index is 0.137. The molecule has 0 aliphatic heterocycles. The molecule has 0 radical (unpaired) electrons. The van der Waals surface area contributed by atoms with E-state index in [1.165, 1.54) is 15.8 Å². The summed E-state index contributed by atoms with van der Waals surface area (Å²) in [5, 5.41) is 4.73. The van der Waals surface area contributed by atoms with Gasteiger partial charge >= 0.3 is 0 Å². The molecule has 140 valence electrons. The summed E-state index contributed by atoms with van der Waals surface area (Å²) in [4.78, 5) is 13.4. The van der Waals surface area contributed by atoms with Gasteiger partial charge in [-0.05, 0) is 38.3 Å². The summed E-state index contributed by atoms with van der Waals surface area (Å²) in [6.07, 6.45) is 2.55. The number of hydrogen-bond donors (Lipinski definition) is 0. The zero-order chi connectivity index (χ0) is 19.4. The Morgan fingerprint density at radius 3 is 2.22 bits per heavy atom. The lowest BCUT2D eigenvalue weighted by molar-refractivity contribution is 0.336. The number of thioether (sulfide) groups is 1. The Morgan fingerprint density at radius 1 is 1.04 bits per heavy atom. The third kappa shape index (κ3) is 4.82. The molecule has 1 aromatic heterocycles. The lowest BCUT2D eigenvalue weighted by Crippen LogP contribution is -2.36. The summed E-state index contributed by atoms with van der Waals surface area (Å²) in [7, 11) is 0. The van der Waals surface area contributed by atoms with Crippen molar-refractivity contribution in [3.05, 3.63) is 93.4 Å². The SMILES string of the molecule is CC(C)(C)n1ncc(SC(Cc2ccccc2)c2ccccc2)c(Cl)c1=O. The number of halogens is 1. The highest BCUT2D eigenvalue weighted by atomic mass is 35.5. The van der Waals surface area contributed by atoms with Gasteiger partial charge in [0.15, 0.2) is 0 Å². The van der Waals surface area contributed by atoms with E-state index < -0.39 is 5.54 Å². The molecule has 0 N–H and O–H groups in total. The number of nitrogens with zero attached hydrogens (tertiary/aromatic N) is 2. The van der Waals surface area contributed by atoms with Gasteiger partial charge in [0.25, 0.3) is 5.56 Å². The molecule has 0 aliphatic carbocycles. The van der Waals surface area contributed by atoms with Crippen molar-refractivity contribution in [3.63, 3.8) is 0 Å². The Kier molecular flexibility index (Phi) is 6.08. The molecule has 1 heterocycles. The first-order valence-electron chi connectivity index (χ1n) is 8.90.